The summed E-state index contributed by atoms with van der Waals surface area (Å²) >= 11 is 6.42. The molecule has 3 rings (SSSR count). The maximum atomic E-state index is 14.3. The van der Waals surface area contributed by atoms with E-state index in [1.807, 2.05) is 0 Å². The summed E-state index contributed by atoms with van der Waals surface area (Å²) in [5, 5.41) is 3.53. The molecule has 0 atom stereocenters. The third-order valence-electron chi connectivity index (χ3n) is 3.76. The van der Waals surface area contributed by atoms with Gasteiger partial charge in [-0.1, -0.05) is 31.9 Å². The van der Waals surface area contributed by atoms with Crippen LogP contribution in [-0.4, -0.2) is 24.5 Å². The number of hydrogen-bond donors (Lipinski definition) is 0. The van der Waals surface area contributed by atoms with Gasteiger partial charge in [0.15, 0.2) is 15.5 Å². The topological polar surface area (TPSA) is 52.0 Å². The van der Waals surface area contributed by atoms with Gasteiger partial charge in [0, 0.05) is 20.8 Å². The molecular formula is C17H9Br2F5N2O2S. The Morgan fingerprint density at radius 3 is 1.90 bits per heavy atom. The molecular weight excluding hydrogens is 551 g/mol. The van der Waals surface area contributed by atoms with Gasteiger partial charge in [-0.15, -0.1) is 0 Å². The molecule has 0 saturated carbocycles. The van der Waals surface area contributed by atoms with Crippen molar-refractivity contribution in [3.05, 3.63) is 62.7 Å². The Balaban J connectivity index is 2.31. The van der Waals surface area contributed by atoms with Gasteiger partial charge in [-0.2, -0.15) is 18.3 Å². The molecule has 4 nitrogen and oxygen atoms in total. The van der Waals surface area contributed by atoms with Gasteiger partial charge in [0.1, 0.15) is 16.5 Å². The second-order valence-corrected chi connectivity index (χ2v) is 9.78. The molecule has 1 heterocycles. The molecule has 0 radical (unpaired) electrons. The smallest absolute Gasteiger partial charge is 0.232 e. The first kappa shape index (κ1) is 21.9. The van der Waals surface area contributed by atoms with E-state index in [0.29, 0.717) is 33.4 Å². The number of benzene rings is 2. The van der Waals surface area contributed by atoms with Crippen LogP contribution in [0.1, 0.15) is 5.69 Å². The maximum absolute atomic E-state index is 14.3. The molecule has 0 spiro atoms. The lowest BCUT2D eigenvalue weighted by molar-refractivity contribution is -0.141. The standard InChI is InChI=1S/C17H9Br2F5N2O2S/c1-29(27,28)16-12(20)2-8(3-13(16)21)14-7-15(17(22,23)24)25-26(14)11-5-9(18)4-10(19)6-11/h2-7H,1H3. The summed E-state index contributed by atoms with van der Waals surface area (Å²) in [6.45, 7) is 0. The van der Waals surface area contributed by atoms with E-state index in [1.54, 1.807) is 6.07 Å². The van der Waals surface area contributed by atoms with E-state index in [9.17, 15) is 30.4 Å². The first-order valence-corrected chi connectivity index (χ1v) is 11.1. The largest absolute Gasteiger partial charge is 0.435 e. The van der Waals surface area contributed by atoms with Crippen molar-refractivity contribution in [2.45, 2.75) is 11.1 Å². The van der Waals surface area contributed by atoms with Gasteiger partial charge in [0.2, 0.25) is 0 Å². The number of nitrogens with zero attached hydrogens (tertiary/aromatic N) is 2. The summed E-state index contributed by atoms with van der Waals surface area (Å²) < 4.78 is 93.3. The van der Waals surface area contributed by atoms with Crippen LogP contribution in [0, 0.1) is 11.6 Å². The van der Waals surface area contributed by atoms with Crippen molar-refractivity contribution in [3.63, 3.8) is 0 Å². The van der Waals surface area contributed by atoms with Gasteiger partial charge < -0.3 is 0 Å². The van der Waals surface area contributed by atoms with Crippen molar-refractivity contribution < 1.29 is 30.4 Å². The minimum atomic E-state index is -4.81. The zero-order chi connectivity index (χ0) is 21.7. The Morgan fingerprint density at radius 2 is 1.45 bits per heavy atom. The van der Waals surface area contributed by atoms with Crippen LogP contribution in [0.5, 0.6) is 0 Å². The molecule has 0 bridgehead atoms. The predicted octanol–water partition coefficient (Wildman–Crippen LogP) is 5.76. The Hall–Kier alpha value is -1.79. The van der Waals surface area contributed by atoms with Gasteiger partial charge in [-0.05, 0) is 36.4 Å². The number of rotatable bonds is 3. The molecule has 3 aromatic rings. The lowest BCUT2D eigenvalue weighted by atomic mass is 10.1. The lowest BCUT2D eigenvalue weighted by Crippen LogP contribution is -2.08. The van der Waals surface area contributed by atoms with E-state index in [-0.39, 0.29) is 16.9 Å². The number of aromatic nitrogens is 2. The molecule has 0 amide bonds. The summed E-state index contributed by atoms with van der Waals surface area (Å²) in [4.78, 5) is -1.16. The van der Waals surface area contributed by atoms with Crippen LogP contribution in [0.2, 0.25) is 0 Å². The zero-order valence-corrected chi connectivity index (χ0v) is 18.2. The molecule has 0 aliphatic heterocycles. The number of alkyl halides is 3. The van der Waals surface area contributed by atoms with Crippen LogP contribution in [0.4, 0.5) is 22.0 Å². The summed E-state index contributed by atoms with van der Waals surface area (Å²) in [5.41, 5.74) is -1.70. The van der Waals surface area contributed by atoms with Crippen LogP contribution in [0.15, 0.2) is 50.2 Å². The Kier molecular flexibility index (Phi) is 5.65. The second kappa shape index (κ2) is 7.47. The van der Waals surface area contributed by atoms with Crippen molar-refractivity contribution in [3.8, 4) is 16.9 Å². The first-order valence-electron chi connectivity index (χ1n) is 7.60. The average molecular weight is 560 g/mol. The molecule has 2 aromatic carbocycles. The highest BCUT2D eigenvalue weighted by Crippen LogP contribution is 2.35. The highest BCUT2D eigenvalue weighted by Gasteiger charge is 2.35. The lowest BCUT2D eigenvalue weighted by Gasteiger charge is -2.11. The number of hydrogen-bond acceptors (Lipinski definition) is 3. The normalized spacial score (nSPS) is 12.4. The Bertz CT molecular complexity index is 1180. The maximum Gasteiger partial charge on any atom is 0.435 e. The van der Waals surface area contributed by atoms with Crippen molar-refractivity contribution in [2.24, 2.45) is 0 Å². The molecule has 0 aliphatic carbocycles. The molecule has 154 valence electrons. The van der Waals surface area contributed by atoms with Gasteiger partial charge in [-0.3, -0.25) is 0 Å². The molecule has 1 aromatic heterocycles. The van der Waals surface area contributed by atoms with E-state index in [0.717, 1.165) is 4.68 Å². The van der Waals surface area contributed by atoms with E-state index < -0.39 is 38.2 Å². The molecule has 0 saturated heterocycles. The van der Waals surface area contributed by atoms with Crippen molar-refractivity contribution in [1.82, 2.24) is 9.78 Å². The fraction of sp³-hybridized carbons (Fsp3) is 0.118. The van der Waals surface area contributed by atoms with Gasteiger partial charge >= 0.3 is 6.18 Å². The van der Waals surface area contributed by atoms with Gasteiger partial charge in [0.05, 0.1) is 11.4 Å². The molecule has 0 aliphatic rings. The summed E-state index contributed by atoms with van der Waals surface area (Å²) in [6, 6.07) is 6.49. The van der Waals surface area contributed by atoms with Gasteiger partial charge in [-0.25, -0.2) is 21.9 Å². The average Bonchev–Trinajstić information content (AvgIpc) is 2.97. The third-order valence-corrected chi connectivity index (χ3v) is 5.80. The van der Waals surface area contributed by atoms with E-state index in [1.165, 1.54) is 12.1 Å². The van der Waals surface area contributed by atoms with Gasteiger partial charge in [0.25, 0.3) is 0 Å². The highest BCUT2D eigenvalue weighted by molar-refractivity contribution is 9.11. The Morgan fingerprint density at radius 1 is 0.931 bits per heavy atom. The van der Waals surface area contributed by atoms with Crippen molar-refractivity contribution >= 4 is 41.7 Å². The molecule has 29 heavy (non-hydrogen) atoms. The number of sulfone groups is 1. The highest BCUT2D eigenvalue weighted by atomic mass is 79.9. The molecule has 0 fully saturated rings. The van der Waals surface area contributed by atoms with Crippen LogP contribution >= 0.6 is 31.9 Å². The van der Waals surface area contributed by atoms with Crippen LogP contribution in [-0.2, 0) is 16.0 Å². The Labute approximate surface area is 178 Å². The van der Waals surface area contributed by atoms with Crippen molar-refractivity contribution in [1.29, 1.82) is 0 Å². The van der Waals surface area contributed by atoms with E-state index in [4.69, 9.17) is 0 Å². The SMILES string of the molecule is CS(=O)(=O)c1c(F)cc(-c2cc(C(F)(F)F)nn2-c2cc(Br)cc(Br)c2)cc1F. The minimum Gasteiger partial charge on any atom is -0.232 e. The van der Waals surface area contributed by atoms with Crippen LogP contribution in [0.25, 0.3) is 16.9 Å². The second-order valence-electron chi connectivity index (χ2n) is 5.99. The third kappa shape index (κ3) is 4.53. The summed E-state index contributed by atoms with van der Waals surface area (Å²) in [7, 11) is -4.22. The quantitative estimate of drug-likeness (QED) is 0.383. The fourth-order valence-corrected chi connectivity index (χ4v) is 4.74. The molecule has 0 unspecified atom stereocenters. The monoisotopic (exact) mass is 558 g/mol. The predicted molar refractivity (Wildman–Crippen MR) is 102 cm³/mol. The molecule has 0 N–H and O–H groups in total. The minimum absolute atomic E-state index is 0.171. The zero-order valence-electron chi connectivity index (χ0n) is 14.2. The number of halogens is 7. The van der Waals surface area contributed by atoms with E-state index >= 15 is 0 Å². The fourth-order valence-electron chi connectivity index (χ4n) is 2.65. The molecule has 12 heteroatoms. The van der Waals surface area contributed by atoms with E-state index in [2.05, 4.69) is 37.0 Å². The van der Waals surface area contributed by atoms with Crippen molar-refractivity contribution in [2.75, 3.05) is 6.26 Å². The summed E-state index contributed by atoms with van der Waals surface area (Å²) in [6.07, 6.45) is -4.19. The first-order chi connectivity index (χ1) is 13.3. The van der Waals surface area contributed by atoms with Crippen LogP contribution < -0.4 is 0 Å². The van der Waals surface area contributed by atoms with Crippen LogP contribution in [0.3, 0.4) is 0 Å². The summed E-state index contributed by atoms with van der Waals surface area (Å²) in [5.74, 6) is -2.83.